The van der Waals surface area contributed by atoms with Crippen LogP contribution in [-0.4, -0.2) is 36.9 Å². The van der Waals surface area contributed by atoms with E-state index >= 15 is 0 Å². The second kappa shape index (κ2) is 7.71. The Kier molecular flexibility index (Phi) is 5.68. The lowest BCUT2D eigenvalue weighted by molar-refractivity contribution is 0.0714. The van der Waals surface area contributed by atoms with Crippen LogP contribution in [0.5, 0.6) is 11.5 Å². The first-order valence-electron chi connectivity index (χ1n) is 7.39. The smallest absolute Gasteiger partial charge is 0.255 e. The largest absolute Gasteiger partial charge is 0.493 e. The lowest BCUT2D eigenvalue weighted by Crippen LogP contribution is -2.45. The average molecular weight is 303 g/mol. The van der Waals surface area contributed by atoms with Crippen molar-refractivity contribution in [2.45, 2.75) is 37.8 Å². The van der Waals surface area contributed by atoms with Crippen LogP contribution in [0.1, 0.15) is 36.0 Å². The summed E-state index contributed by atoms with van der Waals surface area (Å²) >= 11 is 0. The molecule has 2 unspecified atom stereocenters. The molecule has 0 saturated heterocycles. The van der Waals surface area contributed by atoms with Crippen molar-refractivity contribution in [2.24, 2.45) is 0 Å². The normalized spacial score (nSPS) is 20.8. The Morgan fingerprint density at radius 2 is 2.23 bits per heavy atom. The van der Waals surface area contributed by atoms with E-state index in [1.54, 1.807) is 18.2 Å². The maximum absolute atomic E-state index is 12.5. The van der Waals surface area contributed by atoms with Crippen LogP contribution in [0.25, 0.3) is 0 Å². The van der Waals surface area contributed by atoms with Gasteiger partial charge in [-0.2, -0.15) is 0 Å². The number of rotatable bonds is 5. The highest BCUT2D eigenvalue weighted by atomic mass is 16.5. The SMILES string of the molecule is C#CCOc1c(OC)cccc1C(=O)NC1CCCCC1O. The van der Waals surface area contributed by atoms with E-state index in [-0.39, 0.29) is 18.6 Å². The van der Waals surface area contributed by atoms with Gasteiger partial charge in [-0.1, -0.05) is 24.8 Å². The molecule has 0 aromatic heterocycles. The third kappa shape index (κ3) is 3.71. The van der Waals surface area contributed by atoms with E-state index < -0.39 is 6.10 Å². The van der Waals surface area contributed by atoms with Crippen LogP contribution < -0.4 is 14.8 Å². The van der Waals surface area contributed by atoms with E-state index in [9.17, 15) is 9.90 Å². The molecule has 0 bridgehead atoms. The molecule has 0 spiro atoms. The minimum absolute atomic E-state index is 0.0483. The van der Waals surface area contributed by atoms with Crippen molar-refractivity contribution in [1.29, 1.82) is 0 Å². The quantitative estimate of drug-likeness (QED) is 0.813. The minimum Gasteiger partial charge on any atom is -0.493 e. The molecule has 5 nitrogen and oxygen atoms in total. The van der Waals surface area contributed by atoms with Gasteiger partial charge in [-0.3, -0.25) is 4.79 Å². The number of benzene rings is 1. The van der Waals surface area contributed by atoms with Crippen LogP contribution in [0.3, 0.4) is 0 Å². The first kappa shape index (κ1) is 16.2. The molecule has 22 heavy (non-hydrogen) atoms. The second-order valence-electron chi connectivity index (χ2n) is 5.26. The van der Waals surface area contributed by atoms with Gasteiger partial charge < -0.3 is 19.9 Å². The molecule has 1 aliphatic carbocycles. The van der Waals surface area contributed by atoms with Gasteiger partial charge in [0, 0.05) is 0 Å². The Hall–Kier alpha value is -2.19. The lowest BCUT2D eigenvalue weighted by Gasteiger charge is -2.28. The zero-order valence-electron chi connectivity index (χ0n) is 12.7. The zero-order chi connectivity index (χ0) is 15.9. The minimum atomic E-state index is -0.501. The third-order valence-corrected chi connectivity index (χ3v) is 3.79. The van der Waals surface area contributed by atoms with E-state index in [1.165, 1.54) is 7.11 Å². The molecule has 1 aliphatic rings. The van der Waals surface area contributed by atoms with Gasteiger partial charge >= 0.3 is 0 Å². The van der Waals surface area contributed by atoms with Crippen molar-refractivity contribution >= 4 is 5.91 Å². The highest BCUT2D eigenvalue weighted by Gasteiger charge is 2.26. The molecule has 1 aromatic rings. The fourth-order valence-electron chi connectivity index (χ4n) is 2.64. The van der Waals surface area contributed by atoms with Gasteiger partial charge in [0.1, 0.15) is 6.61 Å². The molecule has 1 fully saturated rings. The lowest BCUT2D eigenvalue weighted by atomic mass is 9.92. The Labute approximate surface area is 130 Å². The second-order valence-corrected chi connectivity index (χ2v) is 5.26. The van der Waals surface area contributed by atoms with Crippen molar-refractivity contribution in [3.8, 4) is 23.8 Å². The van der Waals surface area contributed by atoms with Crippen LogP contribution in [0.2, 0.25) is 0 Å². The van der Waals surface area contributed by atoms with Gasteiger partial charge in [0.15, 0.2) is 11.5 Å². The van der Waals surface area contributed by atoms with Gasteiger partial charge in [-0.15, -0.1) is 6.42 Å². The van der Waals surface area contributed by atoms with Crippen LogP contribution in [0.4, 0.5) is 0 Å². The van der Waals surface area contributed by atoms with Crippen molar-refractivity contribution in [3.05, 3.63) is 23.8 Å². The van der Waals surface area contributed by atoms with E-state index in [1.807, 2.05) is 0 Å². The molecule has 5 heteroatoms. The van der Waals surface area contributed by atoms with E-state index in [0.29, 0.717) is 23.5 Å². The van der Waals surface area contributed by atoms with E-state index in [4.69, 9.17) is 15.9 Å². The number of aliphatic hydroxyl groups excluding tert-OH is 1. The predicted octanol–water partition coefficient (Wildman–Crippen LogP) is 1.74. The molecule has 2 atom stereocenters. The van der Waals surface area contributed by atoms with Crippen molar-refractivity contribution in [3.63, 3.8) is 0 Å². The number of hydrogen-bond acceptors (Lipinski definition) is 4. The van der Waals surface area contributed by atoms with Crippen LogP contribution in [-0.2, 0) is 0 Å². The van der Waals surface area contributed by atoms with Gasteiger partial charge in [-0.25, -0.2) is 0 Å². The molecule has 1 aromatic carbocycles. The Morgan fingerprint density at radius 1 is 1.45 bits per heavy atom. The molecule has 2 rings (SSSR count). The van der Waals surface area contributed by atoms with Crippen molar-refractivity contribution in [2.75, 3.05) is 13.7 Å². The molecule has 0 aliphatic heterocycles. The molecule has 0 heterocycles. The van der Waals surface area contributed by atoms with Gasteiger partial charge in [0.25, 0.3) is 5.91 Å². The summed E-state index contributed by atoms with van der Waals surface area (Å²) < 4.78 is 10.7. The third-order valence-electron chi connectivity index (χ3n) is 3.79. The number of terminal acetylenes is 1. The Bertz CT molecular complexity index is 564. The van der Waals surface area contributed by atoms with Crippen molar-refractivity contribution in [1.82, 2.24) is 5.32 Å². The fraction of sp³-hybridized carbons (Fsp3) is 0.471. The number of methoxy groups -OCH3 is 1. The maximum atomic E-state index is 12.5. The molecule has 1 amide bonds. The van der Waals surface area contributed by atoms with Gasteiger partial charge in [0.05, 0.1) is 24.8 Å². The number of carbonyl (C=O) groups excluding carboxylic acids is 1. The molecule has 1 saturated carbocycles. The van der Waals surface area contributed by atoms with E-state index in [0.717, 1.165) is 19.3 Å². The van der Waals surface area contributed by atoms with Gasteiger partial charge in [0.2, 0.25) is 0 Å². The zero-order valence-corrected chi connectivity index (χ0v) is 12.7. The van der Waals surface area contributed by atoms with E-state index in [2.05, 4.69) is 11.2 Å². The first-order chi connectivity index (χ1) is 10.7. The number of ether oxygens (including phenoxy) is 2. The summed E-state index contributed by atoms with van der Waals surface area (Å²) in [5.41, 5.74) is 0.354. The highest BCUT2D eigenvalue weighted by molar-refractivity contribution is 5.98. The molecule has 2 N–H and O–H groups in total. The summed E-state index contributed by atoms with van der Waals surface area (Å²) in [4.78, 5) is 12.5. The molecular weight excluding hydrogens is 282 g/mol. The summed E-state index contributed by atoms with van der Waals surface area (Å²) in [5.74, 6) is 2.85. The Morgan fingerprint density at radius 3 is 2.91 bits per heavy atom. The van der Waals surface area contributed by atoms with Crippen LogP contribution in [0, 0.1) is 12.3 Å². The maximum Gasteiger partial charge on any atom is 0.255 e. The summed E-state index contributed by atoms with van der Waals surface area (Å²) in [6.45, 7) is 0.0483. The number of hydrogen-bond donors (Lipinski definition) is 2. The highest BCUT2D eigenvalue weighted by Crippen LogP contribution is 2.31. The monoisotopic (exact) mass is 303 g/mol. The summed E-state index contributed by atoms with van der Waals surface area (Å²) in [6, 6.07) is 4.85. The topological polar surface area (TPSA) is 67.8 Å². The van der Waals surface area contributed by atoms with Gasteiger partial charge in [-0.05, 0) is 25.0 Å². The molecule has 0 radical (unpaired) electrons. The molecular formula is C17H21NO4. The first-order valence-corrected chi connectivity index (χ1v) is 7.39. The summed E-state index contributed by atoms with van der Waals surface area (Å²) in [5, 5.41) is 12.9. The summed E-state index contributed by atoms with van der Waals surface area (Å²) in [6.07, 6.45) is 8.19. The number of carbonyl (C=O) groups is 1. The average Bonchev–Trinajstić information content (AvgIpc) is 2.54. The summed E-state index contributed by atoms with van der Waals surface area (Å²) in [7, 11) is 1.50. The van der Waals surface area contributed by atoms with Crippen molar-refractivity contribution < 1.29 is 19.4 Å². The van der Waals surface area contributed by atoms with Crippen LogP contribution in [0.15, 0.2) is 18.2 Å². The Balaban J connectivity index is 2.19. The predicted molar refractivity (Wildman–Crippen MR) is 83.1 cm³/mol. The standard InChI is InChI=1S/C17H21NO4/c1-3-11-22-16-12(7-6-10-15(16)21-2)17(20)18-13-8-4-5-9-14(13)19/h1,6-7,10,13-14,19H,4-5,8-9,11H2,2H3,(H,18,20). The van der Waals surface area contributed by atoms with Crippen LogP contribution >= 0.6 is 0 Å². The number of nitrogens with one attached hydrogen (secondary N) is 1. The number of aliphatic hydroxyl groups is 1. The molecule has 118 valence electrons. The fourth-order valence-corrected chi connectivity index (χ4v) is 2.64. The number of amides is 1. The number of para-hydroxylation sites is 1.